The fourth-order valence-corrected chi connectivity index (χ4v) is 3.61. The van der Waals surface area contributed by atoms with E-state index in [0.717, 1.165) is 22.4 Å². The van der Waals surface area contributed by atoms with Crippen molar-refractivity contribution in [1.82, 2.24) is 0 Å². The number of hydrogen-bond donors (Lipinski definition) is 0. The zero-order valence-electron chi connectivity index (χ0n) is 15.9. The molecule has 2 aromatic carbocycles. The molecule has 1 unspecified atom stereocenters. The number of allylic oxidation sites excluding steroid dienone is 2. The minimum Gasteiger partial charge on any atom is -0.497 e. The van der Waals surface area contributed by atoms with Crippen molar-refractivity contribution in [3.8, 4) is 17.2 Å². The Morgan fingerprint density at radius 2 is 1.62 bits per heavy atom. The molecule has 0 bridgehead atoms. The van der Waals surface area contributed by atoms with Gasteiger partial charge in [0.15, 0.2) is 5.78 Å². The molecular weight excluding hydrogens is 328 g/mol. The summed E-state index contributed by atoms with van der Waals surface area (Å²) in [5.74, 6) is 2.15. The van der Waals surface area contributed by atoms with Gasteiger partial charge in [-0.15, -0.1) is 0 Å². The number of hydrogen-bond acceptors (Lipinski definition) is 4. The van der Waals surface area contributed by atoms with Gasteiger partial charge in [0, 0.05) is 29.5 Å². The van der Waals surface area contributed by atoms with E-state index in [1.165, 1.54) is 5.57 Å². The van der Waals surface area contributed by atoms with E-state index in [4.69, 9.17) is 14.2 Å². The molecular formula is C22H24O4. The van der Waals surface area contributed by atoms with Crippen LogP contribution in [0.5, 0.6) is 17.2 Å². The van der Waals surface area contributed by atoms with Crippen LogP contribution in [0.25, 0.3) is 5.57 Å². The van der Waals surface area contributed by atoms with Crippen LogP contribution >= 0.6 is 0 Å². The van der Waals surface area contributed by atoms with Crippen molar-refractivity contribution in [2.24, 2.45) is 0 Å². The van der Waals surface area contributed by atoms with Gasteiger partial charge in [-0.25, -0.2) is 0 Å². The standard InChI is InChI=1S/C22H24O4/c1-13-6-7-19-14(2)8-16(21(19)22(13)26-5)11-20(23)15-9-17(24-3)12-18(10-15)25-4/h6-10,12,16H,11H2,1-5H3. The highest BCUT2D eigenvalue weighted by Crippen LogP contribution is 2.44. The molecule has 1 atom stereocenters. The molecule has 0 amide bonds. The maximum atomic E-state index is 13.0. The minimum absolute atomic E-state index is 0.00421. The van der Waals surface area contributed by atoms with E-state index in [-0.39, 0.29) is 11.7 Å². The molecule has 0 radical (unpaired) electrons. The number of Topliss-reactive ketones (excluding diaryl/α,β-unsaturated/α-hetero) is 1. The Bertz CT molecular complexity index is 858. The summed E-state index contributed by atoms with van der Waals surface area (Å²) in [7, 11) is 4.84. The SMILES string of the molecule is COc1cc(OC)cc(C(=O)CC2C=C(C)c3ccc(C)c(OC)c32)c1. The molecule has 0 aliphatic heterocycles. The number of ketones is 1. The van der Waals surface area contributed by atoms with Gasteiger partial charge in [0.1, 0.15) is 17.2 Å². The van der Waals surface area contributed by atoms with Crippen molar-refractivity contribution in [2.75, 3.05) is 21.3 Å². The first-order chi connectivity index (χ1) is 12.5. The fourth-order valence-electron chi connectivity index (χ4n) is 3.61. The topological polar surface area (TPSA) is 44.8 Å². The van der Waals surface area contributed by atoms with Crippen LogP contribution in [0.4, 0.5) is 0 Å². The van der Waals surface area contributed by atoms with Crippen LogP contribution in [-0.4, -0.2) is 27.1 Å². The summed E-state index contributed by atoms with van der Waals surface area (Å²) in [5.41, 5.74) is 5.11. The Balaban J connectivity index is 1.94. The number of rotatable bonds is 6. The highest BCUT2D eigenvalue weighted by Gasteiger charge is 2.28. The van der Waals surface area contributed by atoms with Crippen molar-refractivity contribution >= 4 is 11.4 Å². The largest absolute Gasteiger partial charge is 0.497 e. The summed E-state index contributed by atoms with van der Waals surface area (Å²) in [4.78, 5) is 13.0. The van der Waals surface area contributed by atoms with Crippen LogP contribution in [0, 0.1) is 6.92 Å². The van der Waals surface area contributed by atoms with Crippen LogP contribution in [-0.2, 0) is 0 Å². The molecule has 0 fully saturated rings. The normalized spacial score (nSPS) is 15.3. The monoisotopic (exact) mass is 352 g/mol. The lowest BCUT2D eigenvalue weighted by Gasteiger charge is -2.17. The number of fused-ring (bicyclic) bond motifs is 1. The van der Waals surface area contributed by atoms with Gasteiger partial charge in [0.05, 0.1) is 21.3 Å². The smallest absolute Gasteiger partial charge is 0.164 e. The number of benzene rings is 2. The number of carbonyl (C=O) groups is 1. The molecule has 26 heavy (non-hydrogen) atoms. The number of carbonyl (C=O) groups excluding carboxylic acids is 1. The van der Waals surface area contributed by atoms with Crippen LogP contribution < -0.4 is 14.2 Å². The van der Waals surface area contributed by atoms with Gasteiger partial charge >= 0.3 is 0 Å². The average Bonchev–Trinajstić information content (AvgIpc) is 2.96. The molecule has 3 rings (SSSR count). The molecule has 136 valence electrons. The third-order valence-corrected chi connectivity index (χ3v) is 4.92. The zero-order valence-corrected chi connectivity index (χ0v) is 15.9. The van der Waals surface area contributed by atoms with Gasteiger partial charge in [-0.05, 0) is 42.7 Å². The summed E-state index contributed by atoms with van der Waals surface area (Å²) in [6, 6.07) is 9.44. The molecule has 1 aliphatic carbocycles. The third kappa shape index (κ3) is 3.19. The summed E-state index contributed by atoms with van der Waals surface area (Å²) in [6.45, 7) is 4.10. The molecule has 1 aliphatic rings. The molecule has 0 N–H and O–H groups in total. The second kappa shape index (κ2) is 7.24. The quantitative estimate of drug-likeness (QED) is 0.701. The van der Waals surface area contributed by atoms with E-state index < -0.39 is 0 Å². The first kappa shape index (κ1) is 18.1. The Hall–Kier alpha value is -2.75. The molecule has 0 saturated carbocycles. The fraction of sp³-hybridized carbons (Fsp3) is 0.318. The Labute approximate surface area is 154 Å². The maximum absolute atomic E-state index is 13.0. The van der Waals surface area contributed by atoms with Crippen LogP contribution in [0.3, 0.4) is 0 Å². The third-order valence-electron chi connectivity index (χ3n) is 4.92. The van der Waals surface area contributed by atoms with Gasteiger partial charge in [0.2, 0.25) is 0 Å². The lowest BCUT2D eigenvalue weighted by Crippen LogP contribution is -2.07. The van der Waals surface area contributed by atoms with Crippen LogP contribution in [0.2, 0.25) is 0 Å². The van der Waals surface area contributed by atoms with E-state index in [1.807, 2.05) is 6.92 Å². The molecule has 2 aromatic rings. The van der Waals surface area contributed by atoms with E-state index in [1.54, 1.807) is 39.5 Å². The number of methoxy groups -OCH3 is 3. The van der Waals surface area contributed by atoms with Gasteiger partial charge in [-0.3, -0.25) is 4.79 Å². The zero-order chi connectivity index (χ0) is 18.8. The molecule has 0 heterocycles. The van der Waals surface area contributed by atoms with E-state index >= 15 is 0 Å². The van der Waals surface area contributed by atoms with Crippen molar-refractivity contribution in [3.63, 3.8) is 0 Å². The molecule has 0 spiro atoms. The summed E-state index contributed by atoms with van der Waals surface area (Å²) < 4.78 is 16.2. The predicted molar refractivity (Wildman–Crippen MR) is 103 cm³/mol. The first-order valence-corrected chi connectivity index (χ1v) is 8.61. The van der Waals surface area contributed by atoms with E-state index in [0.29, 0.717) is 23.5 Å². The highest BCUT2D eigenvalue weighted by atomic mass is 16.5. The molecule has 4 heteroatoms. The Morgan fingerprint density at radius 1 is 0.962 bits per heavy atom. The minimum atomic E-state index is 0.00421. The first-order valence-electron chi connectivity index (χ1n) is 8.61. The van der Waals surface area contributed by atoms with Crippen LogP contribution in [0.15, 0.2) is 36.4 Å². The average molecular weight is 352 g/mol. The van der Waals surface area contributed by atoms with Crippen molar-refractivity contribution in [3.05, 3.63) is 58.7 Å². The number of aryl methyl sites for hydroxylation is 1. The lowest BCUT2D eigenvalue weighted by molar-refractivity contribution is 0.0978. The van der Waals surface area contributed by atoms with Gasteiger partial charge in [0.25, 0.3) is 0 Å². The Morgan fingerprint density at radius 3 is 2.19 bits per heavy atom. The highest BCUT2D eigenvalue weighted by molar-refractivity contribution is 5.98. The molecule has 0 aromatic heterocycles. The summed E-state index contributed by atoms with van der Waals surface area (Å²) in [5, 5.41) is 0. The lowest BCUT2D eigenvalue weighted by atomic mass is 9.91. The Kier molecular flexibility index (Phi) is 5.03. The van der Waals surface area contributed by atoms with Gasteiger partial charge in [-0.1, -0.05) is 18.2 Å². The van der Waals surface area contributed by atoms with Crippen molar-refractivity contribution in [1.29, 1.82) is 0 Å². The van der Waals surface area contributed by atoms with Gasteiger partial charge < -0.3 is 14.2 Å². The molecule has 4 nitrogen and oxygen atoms in total. The molecule has 0 saturated heterocycles. The van der Waals surface area contributed by atoms with E-state index in [2.05, 4.69) is 25.1 Å². The second-order valence-corrected chi connectivity index (χ2v) is 6.56. The predicted octanol–water partition coefficient (Wildman–Crippen LogP) is 4.79. The van der Waals surface area contributed by atoms with E-state index in [9.17, 15) is 4.79 Å². The van der Waals surface area contributed by atoms with Gasteiger partial charge in [-0.2, -0.15) is 0 Å². The number of ether oxygens (including phenoxy) is 3. The summed E-state index contributed by atoms with van der Waals surface area (Å²) >= 11 is 0. The maximum Gasteiger partial charge on any atom is 0.164 e. The van der Waals surface area contributed by atoms with Crippen molar-refractivity contribution < 1.29 is 19.0 Å². The summed E-state index contributed by atoms with van der Waals surface area (Å²) in [6.07, 6.45) is 2.53. The second-order valence-electron chi connectivity index (χ2n) is 6.56. The van der Waals surface area contributed by atoms with Crippen LogP contribution in [0.1, 0.15) is 46.3 Å². The van der Waals surface area contributed by atoms with Crippen molar-refractivity contribution in [2.45, 2.75) is 26.2 Å².